The summed E-state index contributed by atoms with van der Waals surface area (Å²) in [6.45, 7) is 0.177. The molecule has 0 spiro atoms. The summed E-state index contributed by atoms with van der Waals surface area (Å²) in [6, 6.07) is 2.72. The minimum absolute atomic E-state index is 0.177. The van der Waals surface area contributed by atoms with Gasteiger partial charge in [-0.3, -0.25) is 4.84 Å². The van der Waals surface area contributed by atoms with Crippen LogP contribution in [-0.4, -0.2) is 6.03 Å². The van der Waals surface area contributed by atoms with Crippen LogP contribution < -0.4 is 11.2 Å². The zero-order valence-corrected chi connectivity index (χ0v) is 5.74. The van der Waals surface area contributed by atoms with Gasteiger partial charge in [0.05, 0.1) is 6.26 Å². The highest BCUT2D eigenvalue weighted by molar-refractivity contribution is 5.70. The number of nitrogens with two attached hydrogens (primary N) is 1. The molecular formula is C6H8N2O3. The summed E-state index contributed by atoms with van der Waals surface area (Å²) in [5.74, 6) is 0.624. The molecule has 0 saturated carbocycles. The Morgan fingerprint density at radius 1 is 1.82 bits per heavy atom. The second kappa shape index (κ2) is 3.62. The second-order valence-corrected chi connectivity index (χ2v) is 1.83. The molecule has 60 valence electrons. The van der Waals surface area contributed by atoms with E-state index in [9.17, 15) is 4.79 Å². The van der Waals surface area contributed by atoms with E-state index in [1.807, 2.05) is 5.48 Å². The number of urea groups is 1. The van der Waals surface area contributed by atoms with Crippen molar-refractivity contribution >= 4 is 6.03 Å². The van der Waals surface area contributed by atoms with Crippen LogP contribution in [0.25, 0.3) is 0 Å². The zero-order chi connectivity index (χ0) is 8.10. The monoisotopic (exact) mass is 156 g/mol. The summed E-state index contributed by atoms with van der Waals surface area (Å²) in [6.07, 6.45) is 1.52. The highest BCUT2D eigenvalue weighted by Gasteiger charge is 1.95. The molecule has 1 aromatic rings. The number of nitrogens with one attached hydrogen (secondary N) is 1. The minimum atomic E-state index is -0.725. The van der Waals surface area contributed by atoms with Crippen molar-refractivity contribution in [2.75, 3.05) is 0 Å². The maximum atomic E-state index is 10.1. The van der Waals surface area contributed by atoms with Crippen molar-refractivity contribution in [1.29, 1.82) is 0 Å². The third-order valence-electron chi connectivity index (χ3n) is 0.967. The summed E-state index contributed by atoms with van der Waals surface area (Å²) in [7, 11) is 0. The number of hydroxylamine groups is 1. The Kier molecular flexibility index (Phi) is 2.51. The van der Waals surface area contributed by atoms with Gasteiger partial charge in [0.2, 0.25) is 0 Å². The lowest BCUT2D eigenvalue weighted by molar-refractivity contribution is 0.0421. The van der Waals surface area contributed by atoms with E-state index in [-0.39, 0.29) is 6.61 Å². The molecule has 0 atom stereocenters. The van der Waals surface area contributed by atoms with Gasteiger partial charge >= 0.3 is 6.03 Å². The van der Waals surface area contributed by atoms with E-state index in [0.29, 0.717) is 5.76 Å². The fourth-order valence-electron chi connectivity index (χ4n) is 0.573. The molecule has 1 aromatic heterocycles. The first-order chi connectivity index (χ1) is 5.29. The summed E-state index contributed by atoms with van der Waals surface area (Å²) in [5, 5.41) is 0. The van der Waals surface area contributed by atoms with E-state index in [4.69, 9.17) is 10.2 Å². The number of carbonyl (C=O) groups is 1. The van der Waals surface area contributed by atoms with E-state index in [0.717, 1.165) is 0 Å². The van der Waals surface area contributed by atoms with Crippen molar-refractivity contribution in [3.63, 3.8) is 0 Å². The van der Waals surface area contributed by atoms with E-state index in [1.54, 1.807) is 12.1 Å². The zero-order valence-electron chi connectivity index (χ0n) is 5.74. The van der Waals surface area contributed by atoms with E-state index in [1.165, 1.54) is 6.26 Å². The standard InChI is InChI=1S/C6H8N2O3/c7-6(9)8-11-4-5-2-1-3-10-5/h1-3H,4H2,(H3,7,8,9). The van der Waals surface area contributed by atoms with Crippen LogP contribution in [0, 0.1) is 0 Å². The highest BCUT2D eigenvalue weighted by Crippen LogP contribution is 1.99. The summed E-state index contributed by atoms with van der Waals surface area (Å²) in [5.41, 5.74) is 6.69. The lowest BCUT2D eigenvalue weighted by atomic mass is 10.5. The lowest BCUT2D eigenvalue weighted by Crippen LogP contribution is -2.29. The van der Waals surface area contributed by atoms with E-state index in [2.05, 4.69) is 4.84 Å². The van der Waals surface area contributed by atoms with Crippen LogP contribution >= 0.6 is 0 Å². The molecule has 0 unspecified atom stereocenters. The molecule has 0 aliphatic rings. The van der Waals surface area contributed by atoms with Gasteiger partial charge in [-0.1, -0.05) is 0 Å². The predicted octanol–water partition coefficient (Wildman–Crippen LogP) is 0.379. The molecule has 0 aliphatic carbocycles. The largest absolute Gasteiger partial charge is 0.467 e. The van der Waals surface area contributed by atoms with Gasteiger partial charge < -0.3 is 10.2 Å². The Balaban J connectivity index is 2.19. The first kappa shape index (κ1) is 7.62. The third-order valence-corrected chi connectivity index (χ3v) is 0.967. The van der Waals surface area contributed by atoms with Crippen molar-refractivity contribution in [3.8, 4) is 0 Å². The summed E-state index contributed by atoms with van der Waals surface area (Å²) < 4.78 is 4.90. The van der Waals surface area contributed by atoms with Gasteiger partial charge in [0.25, 0.3) is 0 Å². The quantitative estimate of drug-likeness (QED) is 0.621. The number of amides is 2. The topological polar surface area (TPSA) is 77.5 Å². The van der Waals surface area contributed by atoms with Crippen LogP contribution in [0.2, 0.25) is 0 Å². The Labute approximate surface area is 63.1 Å². The van der Waals surface area contributed by atoms with E-state index < -0.39 is 6.03 Å². The molecule has 3 N–H and O–H groups in total. The van der Waals surface area contributed by atoms with Gasteiger partial charge in [-0.25, -0.2) is 10.3 Å². The Bertz CT molecular complexity index is 220. The third kappa shape index (κ3) is 2.72. The van der Waals surface area contributed by atoms with Gasteiger partial charge in [-0.05, 0) is 12.1 Å². The summed E-state index contributed by atoms with van der Waals surface area (Å²) in [4.78, 5) is 14.7. The minimum Gasteiger partial charge on any atom is -0.467 e. The Hall–Kier alpha value is -1.49. The molecule has 2 amide bonds. The molecule has 5 nitrogen and oxygen atoms in total. The Morgan fingerprint density at radius 2 is 2.64 bits per heavy atom. The molecular weight excluding hydrogens is 148 g/mol. The van der Waals surface area contributed by atoms with Crippen molar-refractivity contribution in [3.05, 3.63) is 24.2 Å². The molecule has 0 radical (unpaired) electrons. The van der Waals surface area contributed by atoms with Gasteiger partial charge in [0.15, 0.2) is 0 Å². The normalized spacial score (nSPS) is 9.45. The van der Waals surface area contributed by atoms with Crippen LogP contribution in [0.5, 0.6) is 0 Å². The van der Waals surface area contributed by atoms with Crippen LogP contribution in [0.15, 0.2) is 22.8 Å². The van der Waals surface area contributed by atoms with Crippen LogP contribution in [-0.2, 0) is 11.4 Å². The van der Waals surface area contributed by atoms with E-state index >= 15 is 0 Å². The maximum Gasteiger partial charge on any atom is 0.336 e. The number of hydrogen-bond donors (Lipinski definition) is 2. The average Bonchev–Trinajstić information content (AvgIpc) is 2.39. The molecule has 0 aliphatic heterocycles. The number of hydrogen-bond acceptors (Lipinski definition) is 3. The fourth-order valence-corrected chi connectivity index (χ4v) is 0.573. The summed E-state index contributed by atoms with van der Waals surface area (Å²) >= 11 is 0. The first-order valence-corrected chi connectivity index (χ1v) is 2.98. The second-order valence-electron chi connectivity index (χ2n) is 1.83. The molecule has 1 heterocycles. The van der Waals surface area contributed by atoms with Gasteiger partial charge in [-0.2, -0.15) is 0 Å². The van der Waals surface area contributed by atoms with Gasteiger partial charge in [-0.15, -0.1) is 0 Å². The lowest BCUT2D eigenvalue weighted by Gasteiger charge is -1.98. The van der Waals surface area contributed by atoms with Crippen molar-refractivity contribution in [1.82, 2.24) is 5.48 Å². The molecule has 1 rings (SSSR count). The van der Waals surface area contributed by atoms with Gasteiger partial charge in [0.1, 0.15) is 12.4 Å². The molecule has 0 fully saturated rings. The number of rotatable bonds is 3. The SMILES string of the molecule is NC(=O)NOCc1ccco1. The van der Waals surface area contributed by atoms with Crippen LogP contribution in [0.3, 0.4) is 0 Å². The van der Waals surface area contributed by atoms with Crippen molar-refractivity contribution < 1.29 is 14.0 Å². The van der Waals surface area contributed by atoms with Crippen molar-refractivity contribution in [2.24, 2.45) is 5.73 Å². The average molecular weight is 156 g/mol. The molecule has 0 bridgehead atoms. The fraction of sp³-hybridized carbons (Fsp3) is 0.167. The van der Waals surface area contributed by atoms with Crippen LogP contribution in [0.1, 0.15) is 5.76 Å². The number of carbonyl (C=O) groups excluding carboxylic acids is 1. The maximum absolute atomic E-state index is 10.1. The molecule has 5 heteroatoms. The molecule has 0 saturated heterocycles. The molecule has 0 aromatic carbocycles. The number of primary amides is 1. The molecule has 11 heavy (non-hydrogen) atoms. The van der Waals surface area contributed by atoms with Crippen LogP contribution in [0.4, 0.5) is 4.79 Å². The predicted molar refractivity (Wildman–Crippen MR) is 36.2 cm³/mol. The highest BCUT2D eigenvalue weighted by atomic mass is 16.7. The van der Waals surface area contributed by atoms with Crippen molar-refractivity contribution in [2.45, 2.75) is 6.61 Å². The smallest absolute Gasteiger partial charge is 0.336 e. The van der Waals surface area contributed by atoms with Gasteiger partial charge in [0, 0.05) is 0 Å². The number of furan rings is 1. The Morgan fingerprint density at radius 3 is 3.18 bits per heavy atom. The first-order valence-electron chi connectivity index (χ1n) is 2.98.